The number of hydrogen-bond acceptors (Lipinski definition) is 10. The Balaban J connectivity index is 1.30. The summed E-state index contributed by atoms with van der Waals surface area (Å²) in [5.74, 6) is -4.24. The van der Waals surface area contributed by atoms with Crippen molar-refractivity contribution >= 4 is 50.3 Å². The van der Waals surface area contributed by atoms with Crippen molar-refractivity contribution in [3.05, 3.63) is 36.5 Å². The molecule has 0 unspecified atom stereocenters. The number of anilines is 1. The minimum atomic E-state index is -5.12. The van der Waals surface area contributed by atoms with E-state index in [1.54, 1.807) is 31.2 Å². The summed E-state index contributed by atoms with van der Waals surface area (Å²) in [6.45, 7) is 4.37. The number of alkyl halides is 4. The maximum absolute atomic E-state index is 15.2. The standard InChI is InChI=1S/C42H54F4N6O9S/c1-6-25-19-24(2)9-7-8-10-26-21-41(26,37(55)49-62(58,59)40(23-43)14-15-40)48-34(53)31-20-27(22-51(31)36(54)32(25)52(38(56)57)39(3,4)42(44,45)46)61-35-29-11-12-30-33(28(29)13-16-47-35)60-18-17-50(30)5/h8,10-13,16,24-27,31-32H,6-7,9,14-15,17-23H2,1-5H3,(H,48,53)(H,49,55)(H,56,57)/b10-8-/t24-,25-,26-,27-,31+,32+,41-/m1/s1. The van der Waals surface area contributed by atoms with Crippen molar-refractivity contribution in [2.45, 2.75) is 119 Å². The Bertz CT molecular complexity index is 2260. The van der Waals surface area contributed by atoms with Crippen LogP contribution < -0.4 is 24.4 Å². The van der Waals surface area contributed by atoms with Gasteiger partial charge in [-0.25, -0.2) is 22.6 Å². The molecule has 7 atom stereocenters. The molecule has 0 bridgehead atoms. The topological polar surface area (TPSA) is 188 Å². The van der Waals surface area contributed by atoms with Crippen LogP contribution in [-0.4, -0.2) is 126 Å². The van der Waals surface area contributed by atoms with E-state index in [9.17, 15) is 45.5 Å². The van der Waals surface area contributed by atoms with Gasteiger partial charge in [0.2, 0.25) is 27.7 Å². The van der Waals surface area contributed by atoms with Gasteiger partial charge in [0.25, 0.3) is 5.91 Å². The largest absolute Gasteiger partial charge is 0.489 e. The Morgan fingerprint density at radius 1 is 1.15 bits per heavy atom. The molecule has 4 amide bonds. The Morgan fingerprint density at radius 3 is 2.52 bits per heavy atom. The van der Waals surface area contributed by atoms with Crippen LogP contribution in [0, 0.1) is 17.8 Å². The molecule has 20 heteroatoms. The van der Waals surface area contributed by atoms with E-state index in [1.165, 1.54) is 6.20 Å². The van der Waals surface area contributed by atoms with Crippen LogP contribution in [0.3, 0.4) is 0 Å². The van der Waals surface area contributed by atoms with Crippen LogP contribution in [0.25, 0.3) is 10.8 Å². The number of rotatable bonds is 9. The van der Waals surface area contributed by atoms with Gasteiger partial charge in [-0.1, -0.05) is 32.4 Å². The summed E-state index contributed by atoms with van der Waals surface area (Å²) in [5.41, 5.74) is -4.07. The average Bonchev–Trinajstić information content (AvgIpc) is 4.11. The van der Waals surface area contributed by atoms with Gasteiger partial charge >= 0.3 is 12.3 Å². The van der Waals surface area contributed by atoms with Crippen molar-refractivity contribution in [1.82, 2.24) is 24.8 Å². The summed E-state index contributed by atoms with van der Waals surface area (Å²) < 4.78 is 97.7. The molecule has 0 radical (unpaired) electrons. The number of halogens is 4. The van der Waals surface area contributed by atoms with Gasteiger partial charge in [-0.05, 0) is 82.4 Å². The number of hydrogen-bond donors (Lipinski definition) is 3. The second-order valence-electron chi connectivity index (χ2n) is 18.1. The predicted molar refractivity (Wildman–Crippen MR) is 219 cm³/mol. The van der Waals surface area contributed by atoms with E-state index in [-0.39, 0.29) is 55.2 Å². The normalized spacial score (nSPS) is 29.4. The van der Waals surface area contributed by atoms with Gasteiger partial charge in [0.1, 0.15) is 47.3 Å². The highest BCUT2D eigenvalue weighted by Gasteiger charge is 2.64. The number of ether oxygens (including phenoxy) is 2. The summed E-state index contributed by atoms with van der Waals surface area (Å²) >= 11 is 0. The van der Waals surface area contributed by atoms with Crippen LogP contribution in [-0.2, 0) is 24.4 Å². The van der Waals surface area contributed by atoms with Gasteiger partial charge in [0.05, 0.1) is 18.8 Å². The van der Waals surface area contributed by atoms with Gasteiger partial charge < -0.3 is 29.7 Å². The molecular weight excluding hydrogens is 841 g/mol. The van der Waals surface area contributed by atoms with Gasteiger partial charge in [0, 0.05) is 36.4 Å². The third kappa shape index (κ3) is 7.99. The van der Waals surface area contributed by atoms with Crippen LogP contribution in [0.2, 0.25) is 0 Å². The maximum Gasteiger partial charge on any atom is 0.411 e. The second kappa shape index (κ2) is 16.3. The molecule has 1 aromatic heterocycles. The van der Waals surface area contributed by atoms with Gasteiger partial charge in [-0.2, -0.15) is 13.2 Å². The number of likely N-dealkylation sites (N-methyl/N-ethyl adjacent to an activating group) is 1. The number of amides is 4. The first-order chi connectivity index (χ1) is 29.1. The van der Waals surface area contributed by atoms with E-state index in [4.69, 9.17) is 9.47 Å². The fourth-order valence-electron chi connectivity index (χ4n) is 9.22. The third-order valence-electron chi connectivity index (χ3n) is 13.6. The second-order valence-corrected chi connectivity index (χ2v) is 20.1. The third-order valence-corrected chi connectivity index (χ3v) is 15.7. The first-order valence-corrected chi connectivity index (χ1v) is 22.5. The Hall–Kier alpha value is -4.88. The van der Waals surface area contributed by atoms with E-state index in [2.05, 4.69) is 10.3 Å². The molecule has 3 aliphatic heterocycles. The van der Waals surface area contributed by atoms with Crippen LogP contribution in [0.5, 0.6) is 11.6 Å². The lowest BCUT2D eigenvalue weighted by molar-refractivity contribution is -0.222. The van der Waals surface area contributed by atoms with Crippen molar-refractivity contribution < 1.29 is 59.7 Å². The quantitative estimate of drug-likeness (QED) is 0.218. The van der Waals surface area contributed by atoms with Gasteiger partial charge in [0.15, 0.2) is 5.75 Å². The fourth-order valence-corrected chi connectivity index (χ4v) is 10.6. The van der Waals surface area contributed by atoms with Crippen molar-refractivity contribution in [2.75, 3.05) is 38.3 Å². The predicted octanol–water partition coefficient (Wildman–Crippen LogP) is 5.33. The summed E-state index contributed by atoms with van der Waals surface area (Å²) in [5, 5.41) is 14.5. The first-order valence-electron chi connectivity index (χ1n) is 21.0. The smallest absolute Gasteiger partial charge is 0.411 e. The lowest BCUT2D eigenvalue weighted by Gasteiger charge is -2.46. The monoisotopic (exact) mass is 894 g/mol. The number of carbonyl (C=O) groups is 4. The Labute approximate surface area is 357 Å². The average molecular weight is 895 g/mol. The molecule has 0 spiro atoms. The van der Waals surface area contributed by atoms with Gasteiger partial charge in [-0.3, -0.25) is 24.0 Å². The number of nitrogens with one attached hydrogen (secondary N) is 2. The number of carbonyl (C=O) groups excluding carboxylic acids is 3. The van der Waals surface area contributed by atoms with Crippen molar-refractivity contribution in [1.29, 1.82) is 0 Å². The lowest BCUT2D eigenvalue weighted by Crippen LogP contribution is -2.66. The first kappa shape index (κ1) is 45.2. The maximum atomic E-state index is 15.2. The van der Waals surface area contributed by atoms with Crippen LogP contribution in [0.4, 0.5) is 28.0 Å². The molecule has 2 aromatic rings. The molecule has 1 saturated heterocycles. The molecule has 2 saturated carbocycles. The highest BCUT2D eigenvalue weighted by atomic mass is 32.2. The number of sulfonamides is 1. The van der Waals surface area contributed by atoms with Crippen LogP contribution >= 0.6 is 0 Å². The number of benzene rings is 1. The van der Waals surface area contributed by atoms with E-state index < -0.39 is 99.1 Å². The number of pyridine rings is 1. The highest BCUT2D eigenvalue weighted by Crippen LogP contribution is 2.49. The number of aromatic nitrogens is 1. The van der Waals surface area contributed by atoms with Crippen LogP contribution in [0.15, 0.2) is 36.5 Å². The fraction of sp³-hybridized carbons (Fsp3) is 0.643. The molecule has 5 aliphatic rings. The summed E-state index contributed by atoms with van der Waals surface area (Å²) in [7, 11) is -2.59. The molecule has 340 valence electrons. The molecular formula is C42H54F4N6O9S. The Morgan fingerprint density at radius 2 is 1.87 bits per heavy atom. The molecule has 3 N–H and O–H groups in total. The lowest BCUT2D eigenvalue weighted by atomic mass is 9.82. The summed E-state index contributed by atoms with van der Waals surface area (Å²) in [6.07, 6.45) is -2.31. The van der Waals surface area contributed by atoms with E-state index >= 15 is 4.79 Å². The minimum absolute atomic E-state index is 0.00402. The van der Waals surface area contributed by atoms with Crippen molar-refractivity contribution in [2.24, 2.45) is 17.8 Å². The molecule has 7 rings (SSSR count). The van der Waals surface area contributed by atoms with Gasteiger partial charge in [-0.15, -0.1) is 0 Å². The molecule has 2 aliphatic carbocycles. The zero-order chi connectivity index (χ0) is 45.2. The number of fused-ring (bicyclic) bond motifs is 5. The summed E-state index contributed by atoms with van der Waals surface area (Å²) in [4.78, 5) is 64.7. The minimum Gasteiger partial charge on any atom is -0.489 e. The molecule has 15 nitrogen and oxygen atoms in total. The Kier molecular flexibility index (Phi) is 11.9. The van der Waals surface area contributed by atoms with Crippen molar-refractivity contribution in [3.8, 4) is 11.6 Å². The molecule has 3 fully saturated rings. The number of nitrogens with zero attached hydrogens (tertiary/aromatic N) is 4. The number of allylic oxidation sites excluding steroid dienone is 1. The SMILES string of the molecule is CC[C@@H]1C[C@H](C)CC/C=C\[C@@H]2C[C@@]2(C(=O)NS(=O)(=O)C2(CF)CC2)NC(=O)[C@@H]2C[C@@H](Oc3nccc4c5c(ccc34)N(C)CCO5)CN2C(=O)[C@H]1N(C(=O)O)C(C)(C)C(F)(F)F. The van der Waals surface area contributed by atoms with E-state index in [0.717, 1.165) is 10.6 Å². The zero-order valence-corrected chi connectivity index (χ0v) is 36.2. The highest BCUT2D eigenvalue weighted by molar-refractivity contribution is 7.91. The van der Waals surface area contributed by atoms with Crippen molar-refractivity contribution in [3.63, 3.8) is 0 Å². The molecule has 4 heterocycles. The molecule has 62 heavy (non-hydrogen) atoms. The zero-order valence-electron chi connectivity index (χ0n) is 35.3. The van der Waals surface area contributed by atoms with Crippen LogP contribution in [0.1, 0.15) is 79.1 Å². The molecule has 1 aromatic carbocycles. The summed E-state index contributed by atoms with van der Waals surface area (Å²) in [6, 6.07) is 1.91. The number of carboxylic acid groups (broad SMARTS) is 1. The van der Waals surface area contributed by atoms with E-state index in [1.807, 2.05) is 29.7 Å². The van der Waals surface area contributed by atoms with E-state index in [0.29, 0.717) is 56.4 Å².